The normalized spacial score (nSPS) is 14.7. The summed E-state index contributed by atoms with van der Waals surface area (Å²) >= 11 is 0.868. The van der Waals surface area contributed by atoms with Crippen molar-refractivity contribution in [2.75, 3.05) is 25.0 Å². The van der Waals surface area contributed by atoms with Gasteiger partial charge in [-0.25, -0.2) is 4.98 Å². The Bertz CT molecular complexity index is 1080. The number of aromatic nitrogens is 2. The molecule has 1 amide bonds. The summed E-state index contributed by atoms with van der Waals surface area (Å²) in [6, 6.07) is 4.61. The number of alkyl halides is 3. The summed E-state index contributed by atoms with van der Waals surface area (Å²) in [5.74, 6) is 0.360. The van der Waals surface area contributed by atoms with Gasteiger partial charge in [0, 0.05) is 18.6 Å². The van der Waals surface area contributed by atoms with Crippen LogP contribution in [0.3, 0.4) is 0 Å². The lowest BCUT2D eigenvalue weighted by Crippen LogP contribution is -2.54. The van der Waals surface area contributed by atoms with E-state index in [0.29, 0.717) is 18.8 Å². The van der Waals surface area contributed by atoms with E-state index < -0.39 is 17.6 Å². The highest BCUT2D eigenvalue weighted by molar-refractivity contribution is 7.17. The van der Waals surface area contributed by atoms with E-state index in [-0.39, 0.29) is 27.7 Å². The number of hydrogen-bond acceptors (Lipinski definition) is 6. The zero-order chi connectivity index (χ0) is 20.8. The monoisotopic (exact) mass is 422 g/mol. The first kappa shape index (κ1) is 19.4. The van der Waals surface area contributed by atoms with Crippen molar-refractivity contribution >= 4 is 33.3 Å². The van der Waals surface area contributed by atoms with Gasteiger partial charge in [-0.3, -0.25) is 9.78 Å². The second-order valence-electron chi connectivity index (χ2n) is 6.66. The number of carbonyl (C=O) groups is 1. The zero-order valence-corrected chi connectivity index (χ0v) is 16.4. The van der Waals surface area contributed by atoms with Crippen molar-refractivity contribution in [3.8, 4) is 5.75 Å². The van der Waals surface area contributed by atoms with Crippen LogP contribution in [0.4, 0.5) is 19.0 Å². The highest BCUT2D eigenvalue weighted by atomic mass is 32.1. The molecule has 1 N–H and O–H groups in total. The summed E-state index contributed by atoms with van der Waals surface area (Å²) < 4.78 is 46.7. The van der Waals surface area contributed by atoms with Crippen molar-refractivity contribution in [2.45, 2.75) is 19.2 Å². The van der Waals surface area contributed by atoms with Crippen LogP contribution in [-0.2, 0) is 6.18 Å². The first-order chi connectivity index (χ1) is 13.8. The number of rotatable bonds is 4. The Balaban J connectivity index is 1.63. The number of aryl methyl sites for hydroxylation is 1. The van der Waals surface area contributed by atoms with Gasteiger partial charge in [-0.05, 0) is 25.1 Å². The minimum atomic E-state index is -4.55. The molecule has 0 radical (unpaired) electrons. The smallest absolute Gasteiger partial charge is 0.417 e. The number of hydrogen-bond donors (Lipinski definition) is 1. The highest BCUT2D eigenvalue weighted by Crippen LogP contribution is 2.41. The van der Waals surface area contributed by atoms with Gasteiger partial charge in [0.1, 0.15) is 17.7 Å². The molecule has 1 aliphatic heterocycles. The predicted octanol–water partition coefficient (Wildman–Crippen LogP) is 3.65. The molecule has 0 spiro atoms. The number of fused-ring (bicyclic) bond motifs is 1. The number of pyridine rings is 2. The highest BCUT2D eigenvalue weighted by Gasteiger charge is 2.37. The fraction of sp³-hybridized carbons (Fsp3) is 0.316. The summed E-state index contributed by atoms with van der Waals surface area (Å²) in [4.78, 5) is 22.3. The van der Waals surface area contributed by atoms with Crippen LogP contribution in [0.25, 0.3) is 10.2 Å². The van der Waals surface area contributed by atoms with Gasteiger partial charge < -0.3 is 15.0 Å². The van der Waals surface area contributed by atoms with Gasteiger partial charge in [0.05, 0.1) is 40.1 Å². The topological polar surface area (TPSA) is 67.4 Å². The molecule has 0 atom stereocenters. The van der Waals surface area contributed by atoms with Gasteiger partial charge in [-0.15, -0.1) is 11.3 Å². The average molecular weight is 422 g/mol. The van der Waals surface area contributed by atoms with Crippen LogP contribution >= 0.6 is 11.3 Å². The molecule has 3 aromatic rings. The summed E-state index contributed by atoms with van der Waals surface area (Å²) in [7, 11) is 1.43. The van der Waals surface area contributed by atoms with Crippen LogP contribution in [0, 0.1) is 6.92 Å². The van der Waals surface area contributed by atoms with E-state index in [0.717, 1.165) is 23.1 Å². The molecule has 0 bridgehead atoms. The van der Waals surface area contributed by atoms with Crippen LogP contribution in [-0.4, -0.2) is 42.1 Å². The fourth-order valence-electron chi connectivity index (χ4n) is 3.14. The van der Waals surface area contributed by atoms with Crippen molar-refractivity contribution in [1.29, 1.82) is 0 Å². The zero-order valence-electron chi connectivity index (χ0n) is 15.6. The summed E-state index contributed by atoms with van der Waals surface area (Å²) in [6.07, 6.45) is -3.06. The predicted molar refractivity (Wildman–Crippen MR) is 104 cm³/mol. The van der Waals surface area contributed by atoms with E-state index in [1.54, 1.807) is 23.2 Å². The molecule has 1 saturated heterocycles. The molecule has 4 rings (SSSR count). The van der Waals surface area contributed by atoms with Crippen LogP contribution in [0.15, 0.2) is 29.8 Å². The lowest BCUT2D eigenvalue weighted by atomic mass is 10.1. The third-order valence-electron chi connectivity index (χ3n) is 4.71. The second kappa shape index (κ2) is 7.18. The number of nitrogens with zero attached hydrogens (tertiary/aromatic N) is 3. The number of thiophene rings is 1. The summed E-state index contributed by atoms with van der Waals surface area (Å²) in [5.41, 5.74) is 0.161. The van der Waals surface area contributed by atoms with Crippen molar-refractivity contribution in [3.05, 3.63) is 46.6 Å². The third-order valence-corrected chi connectivity index (χ3v) is 5.71. The summed E-state index contributed by atoms with van der Waals surface area (Å²) in [6.45, 7) is 2.61. The van der Waals surface area contributed by atoms with Gasteiger partial charge >= 0.3 is 6.18 Å². The fourth-order valence-corrected chi connectivity index (χ4v) is 4.16. The van der Waals surface area contributed by atoms with E-state index in [4.69, 9.17) is 4.74 Å². The molecule has 4 heterocycles. The minimum Gasteiger partial charge on any atom is -0.485 e. The quantitative estimate of drug-likeness (QED) is 0.695. The Hall–Kier alpha value is -2.88. The molecule has 0 unspecified atom stereocenters. The molecule has 10 heteroatoms. The number of carbonyl (C=O) groups excluding carboxylic acids is 1. The molecule has 0 aromatic carbocycles. The van der Waals surface area contributed by atoms with Crippen LogP contribution in [0.2, 0.25) is 0 Å². The second-order valence-corrected chi connectivity index (χ2v) is 7.54. The molecular weight excluding hydrogens is 405 g/mol. The van der Waals surface area contributed by atoms with Gasteiger partial charge in [0.25, 0.3) is 5.91 Å². The number of amides is 1. The molecule has 6 nitrogen and oxygen atoms in total. The lowest BCUT2D eigenvalue weighted by Gasteiger charge is -2.40. The maximum atomic E-state index is 13.6. The van der Waals surface area contributed by atoms with Gasteiger partial charge in [0.15, 0.2) is 0 Å². The lowest BCUT2D eigenvalue weighted by molar-refractivity contribution is -0.136. The molecule has 0 aliphatic carbocycles. The SMILES string of the molecule is CNC(=O)c1csc2c(C(F)(F)F)cc(N3CC(Oc4cccnc4C)C3)nc12. The summed E-state index contributed by atoms with van der Waals surface area (Å²) in [5, 5.41) is 3.85. The van der Waals surface area contributed by atoms with Crippen molar-refractivity contribution in [3.63, 3.8) is 0 Å². The molecule has 1 fully saturated rings. The molecular formula is C19H17F3N4O2S. The molecule has 3 aromatic heterocycles. The van der Waals surface area contributed by atoms with Crippen LogP contribution < -0.4 is 15.0 Å². The molecule has 152 valence electrons. The standard InChI is InChI=1S/C19H17F3N4O2S/c1-10-14(4-3-5-24-10)28-11-7-26(8-11)15-6-13(19(20,21)22)17-16(25-15)12(9-29-17)18(27)23-2/h3-6,9,11H,7-8H2,1-2H3,(H,23,27). The van der Waals surface area contributed by atoms with Crippen LogP contribution in [0.1, 0.15) is 21.6 Å². The van der Waals surface area contributed by atoms with Gasteiger partial charge in [-0.1, -0.05) is 0 Å². The van der Waals surface area contributed by atoms with Crippen molar-refractivity contribution in [1.82, 2.24) is 15.3 Å². The molecule has 29 heavy (non-hydrogen) atoms. The Morgan fingerprint density at radius 1 is 1.38 bits per heavy atom. The maximum absolute atomic E-state index is 13.6. The number of halogens is 3. The van der Waals surface area contributed by atoms with E-state index in [9.17, 15) is 18.0 Å². The van der Waals surface area contributed by atoms with Gasteiger partial charge in [0.2, 0.25) is 0 Å². The third kappa shape index (κ3) is 3.59. The van der Waals surface area contributed by atoms with E-state index >= 15 is 0 Å². The van der Waals surface area contributed by atoms with Crippen molar-refractivity contribution in [2.24, 2.45) is 0 Å². The minimum absolute atomic E-state index is 0.0424. The number of anilines is 1. The van der Waals surface area contributed by atoms with E-state index in [1.807, 2.05) is 6.92 Å². The van der Waals surface area contributed by atoms with E-state index in [2.05, 4.69) is 15.3 Å². The first-order valence-corrected chi connectivity index (χ1v) is 9.70. The molecule has 1 aliphatic rings. The van der Waals surface area contributed by atoms with Gasteiger partial charge in [-0.2, -0.15) is 13.2 Å². The molecule has 0 saturated carbocycles. The Morgan fingerprint density at radius 2 is 2.14 bits per heavy atom. The largest absolute Gasteiger partial charge is 0.485 e. The number of ether oxygens (including phenoxy) is 1. The Kier molecular flexibility index (Phi) is 4.81. The van der Waals surface area contributed by atoms with Crippen molar-refractivity contribution < 1.29 is 22.7 Å². The number of nitrogens with one attached hydrogen (secondary N) is 1. The first-order valence-electron chi connectivity index (χ1n) is 8.82. The average Bonchev–Trinajstić information content (AvgIpc) is 3.07. The van der Waals surface area contributed by atoms with E-state index in [1.165, 1.54) is 12.4 Å². The Labute approximate surface area is 168 Å². The maximum Gasteiger partial charge on any atom is 0.417 e. The van der Waals surface area contributed by atoms with Crippen LogP contribution in [0.5, 0.6) is 5.75 Å². The Morgan fingerprint density at radius 3 is 2.79 bits per heavy atom.